The number of anilines is 2. The molecular weight excluding hydrogens is 439 g/mol. The zero-order valence-corrected chi connectivity index (χ0v) is 17.8. The van der Waals surface area contributed by atoms with Gasteiger partial charge < -0.3 is 5.32 Å². The number of thiocarbonyl (C=S) groups is 1. The van der Waals surface area contributed by atoms with E-state index in [4.69, 9.17) is 35.4 Å². The van der Waals surface area contributed by atoms with Crippen LogP contribution in [0.15, 0.2) is 84.4 Å². The summed E-state index contributed by atoms with van der Waals surface area (Å²) in [4.78, 5) is 27.2. The molecule has 4 rings (SSSR count). The Labute approximate surface area is 188 Å². The van der Waals surface area contributed by atoms with Crippen molar-refractivity contribution in [2.24, 2.45) is 0 Å². The molecule has 1 N–H and O–H groups in total. The quantitative estimate of drug-likeness (QED) is 0.310. The highest BCUT2D eigenvalue weighted by molar-refractivity contribution is 7.81. The van der Waals surface area contributed by atoms with Gasteiger partial charge in [0.1, 0.15) is 4.99 Å². The molecule has 1 heterocycles. The number of nitrogens with zero attached hydrogens (tertiary/aromatic N) is 1. The molecule has 3 aromatic rings. The Morgan fingerprint density at radius 3 is 1.97 bits per heavy atom. The van der Waals surface area contributed by atoms with Crippen LogP contribution in [0.1, 0.15) is 5.56 Å². The van der Waals surface area contributed by atoms with Gasteiger partial charge in [0.15, 0.2) is 0 Å². The minimum Gasteiger partial charge on any atom is -0.354 e. The summed E-state index contributed by atoms with van der Waals surface area (Å²) in [6, 6.07) is 22.9. The van der Waals surface area contributed by atoms with Crippen molar-refractivity contribution >= 4 is 69.2 Å². The van der Waals surface area contributed by atoms with Crippen LogP contribution in [0.4, 0.5) is 11.4 Å². The second-order valence-electron chi connectivity index (χ2n) is 6.50. The van der Waals surface area contributed by atoms with Gasteiger partial charge in [-0.3, -0.25) is 14.5 Å². The van der Waals surface area contributed by atoms with E-state index in [-0.39, 0.29) is 10.6 Å². The number of benzene rings is 3. The number of rotatable bonds is 4. The number of nitrogens with one attached hydrogen (secondary N) is 1. The maximum absolute atomic E-state index is 13.0. The Morgan fingerprint density at radius 2 is 1.37 bits per heavy atom. The lowest BCUT2D eigenvalue weighted by Crippen LogP contribution is -2.29. The molecule has 3 aromatic carbocycles. The van der Waals surface area contributed by atoms with E-state index in [2.05, 4.69) is 5.32 Å². The number of amides is 1. The summed E-state index contributed by atoms with van der Waals surface area (Å²) in [6.07, 6.45) is 0. The first-order valence-electron chi connectivity index (χ1n) is 8.96. The molecule has 148 valence electrons. The maximum Gasteiger partial charge on any atom is 0.304 e. The average molecular weight is 453 g/mol. The Kier molecular flexibility index (Phi) is 5.68. The number of carbonyl (C=O) groups is 2. The number of halogens is 2. The van der Waals surface area contributed by atoms with Crippen LogP contribution < -0.4 is 10.2 Å². The van der Waals surface area contributed by atoms with Crippen molar-refractivity contribution in [2.45, 2.75) is 0 Å². The first kappa shape index (κ1) is 20.3. The van der Waals surface area contributed by atoms with Crippen LogP contribution in [-0.4, -0.2) is 16.7 Å². The summed E-state index contributed by atoms with van der Waals surface area (Å²) < 4.78 is 0. The van der Waals surface area contributed by atoms with E-state index in [9.17, 15) is 9.59 Å². The Bertz CT molecular complexity index is 1170. The van der Waals surface area contributed by atoms with E-state index in [0.29, 0.717) is 27.1 Å². The van der Waals surface area contributed by atoms with Gasteiger partial charge in [-0.15, -0.1) is 0 Å². The monoisotopic (exact) mass is 452 g/mol. The van der Waals surface area contributed by atoms with E-state index in [1.165, 1.54) is 4.90 Å². The lowest BCUT2D eigenvalue weighted by molar-refractivity contribution is -0.132. The van der Waals surface area contributed by atoms with Crippen LogP contribution >= 0.6 is 35.4 Å². The van der Waals surface area contributed by atoms with Crippen molar-refractivity contribution < 1.29 is 9.59 Å². The van der Waals surface area contributed by atoms with Gasteiger partial charge in [0.05, 0.1) is 17.0 Å². The van der Waals surface area contributed by atoms with Crippen molar-refractivity contribution in [2.75, 3.05) is 10.2 Å². The van der Waals surface area contributed by atoms with Crippen LogP contribution in [0.5, 0.6) is 0 Å². The predicted molar refractivity (Wildman–Crippen MR) is 125 cm³/mol. The smallest absolute Gasteiger partial charge is 0.304 e. The first-order chi connectivity index (χ1) is 14.5. The summed E-state index contributed by atoms with van der Waals surface area (Å²) in [5.74, 6) is -1.38. The molecule has 1 saturated heterocycles. The molecule has 0 atom stereocenters. The highest BCUT2D eigenvalue weighted by atomic mass is 35.5. The van der Waals surface area contributed by atoms with Crippen LogP contribution in [0.25, 0.3) is 5.70 Å². The molecule has 0 aromatic heterocycles. The highest BCUT2D eigenvalue weighted by Gasteiger charge is 2.42. The van der Waals surface area contributed by atoms with Gasteiger partial charge in [0.2, 0.25) is 0 Å². The van der Waals surface area contributed by atoms with Crippen LogP contribution in [-0.2, 0) is 9.59 Å². The van der Waals surface area contributed by atoms with E-state index in [0.717, 1.165) is 5.56 Å². The molecule has 7 heteroatoms. The van der Waals surface area contributed by atoms with E-state index >= 15 is 0 Å². The van der Waals surface area contributed by atoms with Gasteiger partial charge in [0, 0.05) is 15.7 Å². The molecule has 1 aliphatic heterocycles. The van der Waals surface area contributed by atoms with E-state index in [1.54, 1.807) is 48.5 Å². The average Bonchev–Trinajstić information content (AvgIpc) is 2.98. The molecule has 0 bridgehead atoms. The third-order valence-corrected chi connectivity index (χ3v) is 5.44. The summed E-state index contributed by atoms with van der Waals surface area (Å²) in [5.41, 5.74) is 2.52. The molecule has 0 unspecified atom stereocenters. The van der Waals surface area contributed by atoms with Crippen molar-refractivity contribution in [3.05, 3.63) is 100 Å². The van der Waals surface area contributed by atoms with Gasteiger partial charge in [-0.05, 0) is 54.1 Å². The maximum atomic E-state index is 13.0. The molecule has 4 nitrogen and oxygen atoms in total. The fourth-order valence-electron chi connectivity index (χ4n) is 3.12. The molecule has 0 radical (unpaired) electrons. The minimum absolute atomic E-state index is 0.132. The summed E-state index contributed by atoms with van der Waals surface area (Å²) in [5, 5.41) is 4.35. The van der Waals surface area contributed by atoms with Gasteiger partial charge in [0.25, 0.3) is 5.78 Å². The van der Waals surface area contributed by atoms with Crippen molar-refractivity contribution in [3.8, 4) is 0 Å². The minimum atomic E-state index is -0.705. The largest absolute Gasteiger partial charge is 0.354 e. The van der Waals surface area contributed by atoms with Gasteiger partial charge in [-0.25, -0.2) is 0 Å². The zero-order chi connectivity index (χ0) is 21.3. The molecule has 1 aliphatic rings. The molecule has 1 amide bonds. The second kappa shape index (κ2) is 8.40. The fraction of sp³-hybridized carbons (Fsp3) is 0. The molecule has 0 saturated carbocycles. The lowest BCUT2D eigenvalue weighted by atomic mass is 10.0. The molecule has 1 fully saturated rings. The highest BCUT2D eigenvalue weighted by Crippen LogP contribution is 2.32. The zero-order valence-electron chi connectivity index (χ0n) is 15.4. The summed E-state index contributed by atoms with van der Waals surface area (Å²) >= 11 is 17.5. The second-order valence-corrected chi connectivity index (χ2v) is 7.76. The van der Waals surface area contributed by atoms with Gasteiger partial charge in [-0.1, -0.05) is 65.8 Å². The number of hydrogen-bond donors (Lipinski definition) is 1. The van der Waals surface area contributed by atoms with Crippen molar-refractivity contribution in [3.63, 3.8) is 0 Å². The van der Waals surface area contributed by atoms with Crippen molar-refractivity contribution in [1.29, 1.82) is 0 Å². The van der Waals surface area contributed by atoms with Crippen molar-refractivity contribution in [1.82, 2.24) is 0 Å². The number of carbonyl (C=O) groups excluding carboxylic acids is 2. The Hall–Kier alpha value is -2.99. The van der Waals surface area contributed by atoms with E-state index < -0.39 is 11.7 Å². The summed E-state index contributed by atoms with van der Waals surface area (Å²) in [6.45, 7) is 0. The number of ketones is 1. The molecule has 0 spiro atoms. The SMILES string of the molecule is O=C1C(=O)N(c2ccc(Cl)cc2)C(=S)/C1=C(\Nc1ccc(Cl)cc1)c1ccccc1. The molecule has 0 aliphatic carbocycles. The van der Waals surface area contributed by atoms with E-state index in [1.807, 2.05) is 30.3 Å². The molecule has 30 heavy (non-hydrogen) atoms. The fourth-order valence-corrected chi connectivity index (χ4v) is 3.75. The summed E-state index contributed by atoms with van der Waals surface area (Å²) in [7, 11) is 0. The van der Waals surface area contributed by atoms with Gasteiger partial charge in [-0.2, -0.15) is 0 Å². The van der Waals surface area contributed by atoms with Gasteiger partial charge >= 0.3 is 5.91 Å². The van der Waals surface area contributed by atoms with Crippen LogP contribution in [0.3, 0.4) is 0 Å². The Balaban J connectivity index is 1.84. The predicted octanol–water partition coefficient (Wildman–Crippen LogP) is 5.76. The van der Waals surface area contributed by atoms with Crippen LogP contribution in [0.2, 0.25) is 10.0 Å². The van der Waals surface area contributed by atoms with Crippen LogP contribution in [0, 0.1) is 0 Å². The lowest BCUT2D eigenvalue weighted by Gasteiger charge is -2.17. The topological polar surface area (TPSA) is 49.4 Å². The number of hydrogen-bond acceptors (Lipinski definition) is 4. The number of Topliss-reactive ketones (excluding diaryl/α,β-unsaturated/α-hetero) is 1. The molecular formula is C23H14Cl2N2O2S. The standard InChI is InChI=1S/C23H14Cl2N2O2S/c24-15-6-10-17(11-7-15)26-20(14-4-2-1-3-5-14)19-21(28)22(29)27(23(19)30)18-12-8-16(25)9-13-18/h1-13,26H/b20-19-. The first-order valence-corrected chi connectivity index (χ1v) is 10.1. The Morgan fingerprint density at radius 1 is 0.800 bits per heavy atom. The third-order valence-electron chi connectivity index (χ3n) is 4.55. The third kappa shape index (κ3) is 3.87. The normalized spacial score (nSPS) is 15.5.